The number of aryl methyl sites for hydroxylation is 3. The molecule has 2 fully saturated rings. The quantitative estimate of drug-likeness (QED) is 0.823. The van der Waals surface area contributed by atoms with Crippen LogP contribution in [0.5, 0.6) is 0 Å². The van der Waals surface area contributed by atoms with E-state index in [1.807, 2.05) is 43.6 Å². The first-order chi connectivity index (χ1) is 11.9. The third-order valence-corrected chi connectivity index (χ3v) is 5.98. The average molecular weight is 342 g/mol. The summed E-state index contributed by atoms with van der Waals surface area (Å²) in [6, 6.07) is 2.43. The number of nitrogens with zero attached hydrogens (tertiary/aromatic N) is 6. The Bertz CT molecular complexity index is 835. The second kappa shape index (κ2) is 5.69. The molecule has 2 aromatic rings. The first kappa shape index (κ1) is 16.3. The summed E-state index contributed by atoms with van der Waals surface area (Å²) in [6.45, 7) is 6.84. The molecule has 1 amide bonds. The van der Waals surface area contributed by atoms with Crippen molar-refractivity contribution < 1.29 is 4.79 Å². The molecule has 2 aliphatic heterocycles. The predicted octanol–water partition coefficient (Wildman–Crippen LogP) is 1.21. The number of likely N-dealkylation sites (tertiary alicyclic amines) is 2. The van der Waals surface area contributed by atoms with Crippen LogP contribution in [0.2, 0.25) is 0 Å². The number of rotatable bonds is 2. The lowest BCUT2D eigenvalue weighted by molar-refractivity contribution is 0.0763. The van der Waals surface area contributed by atoms with Crippen LogP contribution in [0.4, 0.5) is 0 Å². The molecule has 0 unspecified atom stereocenters. The molecule has 0 aliphatic carbocycles. The van der Waals surface area contributed by atoms with Gasteiger partial charge in [-0.2, -0.15) is 10.2 Å². The van der Waals surface area contributed by atoms with Crippen molar-refractivity contribution in [1.82, 2.24) is 29.4 Å². The van der Waals surface area contributed by atoms with E-state index in [1.54, 1.807) is 4.68 Å². The van der Waals surface area contributed by atoms with Gasteiger partial charge < -0.3 is 9.80 Å². The Labute approximate surface area is 148 Å². The van der Waals surface area contributed by atoms with Crippen molar-refractivity contribution in [2.24, 2.45) is 20.0 Å². The van der Waals surface area contributed by atoms with Crippen molar-refractivity contribution in [1.29, 1.82) is 0 Å². The molecule has 2 aromatic heterocycles. The Kier molecular flexibility index (Phi) is 3.72. The van der Waals surface area contributed by atoms with Crippen LogP contribution in [0.1, 0.15) is 28.3 Å². The third-order valence-electron chi connectivity index (χ3n) is 5.98. The first-order valence-corrected chi connectivity index (χ1v) is 8.91. The highest BCUT2D eigenvalue weighted by atomic mass is 16.2. The third kappa shape index (κ3) is 2.49. The van der Waals surface area contributed by atoms with Crippen LogP contribution in [0.3, 0.4) is 0 Å². The summed E-state index contributed by atoms with van der Waals surface area (Å²) in [7, 11) is 5.94. The highest BCUT2D eigenvalue weighted by Gasteiger charge is 2.41. The van der Waals surface area contributed by atoms with Gasteiger partial charge in [-0.25, -0.2) is 0 Å². The monoisotopic (exact) mass is 342 g/mol. The van der Waals surface area contributed by atoms with Gasteiger partial charge in [-0.15, -0.1) is 0 Å². The zero-order valence-corrected chi connectivity index (χ0v) is 15.7. The van der Waals surface area contributed by atoms with E-state index in [0.29, 0.717) is 17.7 Å². The van der Waals surface area contributed by atoms with Gasteiger partial charge >= 0.3 is 0 Å². The zero-order valence-electron chi connectivity index (χ0n) is 15.7. The smallest absolute Gasteiger partial charge is 0.272 e. The lowest BCUT2D eigenvalue weighted by atomic mass is 10.1. The Morgan fingerprint density at radius 2 is 1.88 bits per heavy atom. The van der Waals surface area contributed by atoms with E-state index in [1.165, 1.54) is 6.42 Å². The second-order valence-electron chi connectivity index (χ2n) is 7.51. The van der Waals surface area contributed by atoms with Crippen LogP contribution in [0.15, 0.2) is 6.07 Å². The maximum Gasteiger partial charge on any atom is 0.272 e. The predicted molar refractivity (Wildman–Crippen MR) is 95.3 cm³/mol. The Morgan fingerprint density at radius 1 is 1.12 bits per heavy atom. The molecule has 0 bridgehead atoms. The molecular formula is C18H26N6O. The molecule has 0 saturated carbocycles. The molecular weight excluding hydrogens is 316 g/mol. The standard InChI is InChI=1S/C18H26N6O/c1-11-17(12(2)22(4)19-11)14-8-15(23(5)20-14)18(25)24-9-13-6-7-21(3)16(13)10-24/h8,13,16H,6-7,9-10H2,1-5H3/t13-,16+/m1/s1. The molecule has 7 nitrogen and oxygen atoms in total. The van der Waals surface area contributed by atoms with E-state index >= 15 is 0 Å². The number of amides is 1. The van der Waals surface area contributed by atoms with Crippen molar-refractivity contribution in [3.8, 4) is 11.3 Å². The molecule has 2 aliphatic rings. The van der Waals surface area contributed by atoms with Crippen molar-refractivity contribution in [3.05, 3.63) is 23.1 Å². The first-order valence-electron chi connectivity index (χ1n) is 8.91. The molecule has 4 heterocycles. The summed E-state index contributed by atoms with van der Waals surface area (Å²) >= 11 is 0. The minimum absolute atomic E-state index is 0.0863. The topological polar surface area (TPSA) is 59.2 Å². The van der Waals surface area contributed by atoms with Crippen LogP contribution in [0, 0.1) is 19.8 Å². The van der Waals surface area contributed by atoms with Crippen molar-refractivity contribution in [3.63, 3.8) is 0 Å². The second-order valence-corrected chi connectivity index (χ2v) is 7.51. The van der Waals surface area contributed by atoms with Gasteiger partial charge in [0.15, 0.2) is 0 Å². The SMILES string of the molecule is Cc1nn(C)c(C)c1-c1cc(C(=O)N2C[C@H]3CCN(C)[C@H]3C2)n(C)n1. The molecule has 0 spiro atoms. The van der Waals surface area contributed by atoms with E-state index in [-0.39, 0.29) is 5.91 Å². The number of carbonyl (C=O) groups is 1. The molecule has 2 saturated heterocycles. The van der Waals surface area contributed by atoms with Gasteiger partial charge in [0.05, 0.1) is 11.4 Å². The van der Waals surface area contributed by atoms with Crippen LogP contribution in [0.25, 0.3) is 11.3 Å². The van der Waals surface area contributed by atoms with Gasteiger partial charge in [-0.05, 0) is 45.8 Å². The number of aromatic nitrogens is 4. The highest BCUT2D eigenvalue weighted by molar-refractivity contribution is 5.94. The van der Waals surface area contributed by atoms with E-state index in [4.69, 9.17) is 0 Å². The summed E-state index contributed by atoms with van der Waals surface area (Å²) in [5, 5.41) is 9.06. The summed E-state index contributed by atoms with van der Waals surface area (Å²) in [5.74, 6) is 0.702. The van der Waals surface area contributed by atoms with Crippen molar-refractivity contribution >= 4 is 5.91 Å². The summed E-state index contributed by atoms with van der Waals surface area (Å²) in [6.07, 6.45) is 1.19. The fourth-order valence-corrected chi connectivity index (χ4v) is 4.43. The minimum Gasteiger partial charge on any atom is -0.335 e. The number of fused-ring (bicyclic) bond motifs is 1. The number of carbonyl (C=O) groups excluding carboxylic acids is 1. The van der Waals surface area contributed by atoms with E-state index in [2.05, 4.69) is 22.1 Å². The van der Waals surface area contributed by atoms with E-state index in [9.17, 15) is 4.79 Å². The fraction of sp³-hybridized carbons (Fsp3) is 0.611. The van der Waals surface area contributed by atoms with E-state index in [0.717, 1.165) is 42.3 Å². The number of hydrogen-bond acceptors (Lipinski definition) is 4. The zero-order chi connectivity index (χ0) is 17.9. The average Bonchev–Trinajstić information content (AvgIpc) is 3.27. The van der Waals surface area contributed by atoms with E-state index < -0.39 is 0 Å². The molecule has 25 heavy (non-hydrogen) atoms. The lowest BCUT2D eigenvalue weighted by Crippen LogP contribution is -2.35. The summed E-state index contributed by atoms with van der Waals surface area (Å²) < 4.78 is 3.57. The van der Waals surface area contributed by atoms with Crippen LogP contribution in [-0.4, -0.2) is 68.0 Å². The van der Waals surface area contributed by atoms with Gasteiger partial charge in [0.25, 0.3) is 5.91 Å². The van der Waals surface area contributed by atoms with Gasteiger partial charge in [0, 0.05) is 44.5 Å². The van der Waals surface area contributed by atoms with Gasteiger partial charge in [0.1, 0.15) is 5.69 Å². The van der Waals surface area contributed by atoms with Gasteiger partial charge in [0.2, 0.25) is 0 Å². The minimum atomic E-state index is 0.0863. The Hall–Kier alpha value is -2.15. The molecule has 4 rings (SSSR count). The fourth-order valence-electron chi connectivity index (χ4n) is 4.43. The number of likely N-dealkylation sites (N-methyl/N-ethyl adjacent to an activating group) is 1. The summed E-state index contributed by atoms with van der Waals surface area (Å²) in [5.41, 5.74) is 4.50. The number of hydrogen-bond donors (Lipinski definition) is 0. The molecule has 0 N–H and O–H groups in total. The molecule has 0 aromatic carbocycles. The van der Waals surface area contributed by atoms with Crippen molar-refractivity contribution in [2.75, 3.05) is 26.7 Å². The maximum atomic E-state index is 13.1. The molecule has 2 atom stereocenters. The highest BCUT2D eigenvalue weighted by Crippen LogP contribution is 2.32. The molecule has 134 valence electrons. The largest absolute Gasteiger partial charge is 0.335 e. The van der Waals surface area contributed by atoms with Gasteiger partial charge in [-0.1, -0.05) is 0 Å². The molecule has 7 heteroatoms. The van der Waals surface area contributed by atoms with Gasteiger partial charge in [-0.3, -0.25) is 14.2 Å². The van der Waals surface area contributed by atoms with Crippen LogP contribution in [-0.2, 0) is 14.1 Å². The van der Waals surface area contributed by atoms with Crippen LogP contribution >= 0.6 is 0 Å². The Balaban J connectivity index is 1.62. The lowest BCUT2D eigenvalue weighted by Gasteiger charge is -2.20. The van der Waals surface area contributed by atoms with Crippen molar-refractivity contribution in [2.45, 2.75) is 26.3 Å². The van der Waals surface area contributed by atoms with Crippen LogP contribution < -0.4 is 0 Å². The maximum absolute atomic E-state index is 13.1. The normalized spacial score (nSPS) is 23.5. The summed E-state index contributed by atoms with van der Waals surface area (Å²) in [4.78, 5) is 17.4. The molecule has 0 radical (unpaired) electrons. The Morgan fingerprint density at radius 3 is 2.52 bits per heavy atom.